The number of benzene rings is 1. The summed E-state index contributed by atoms with van der Waals surface area (Å²) in [5.74, 6) is -0.609. The summed E-state index contributed by atoms with van der Waals surface area (Å²) in [6.07, 6.45) is 0.727. The molecule has 0 fully saturated rings. The number of nitrogens with zero attached hydrogens (tertiary/aromatic N) is 2. The zero-order chi connectivity index (χ0) is 12.1. The minimum Gasteiger partial charge on any atom is -0.369 e. The predicted molar refractivity (Wildman–Crippen MR) is 60.0 cm³/mol. The average Bonchev–Trinajstić information content (AvgIpc) is 2.25. The molecule has 5 nitrogen and oxygen atoms in total. The Labute approximate surface area is 92.8 Å². The van der Waals surface area contributed by atoms with Gasteiger partial charge in [-0.1, -0.05) is 0 Å². The van der Waals surface area contributed by atoms with Crippen LogP contribution in [0.3, 0.4) is 0 Å². The van der Waals surface area contributed by atoms with E-state index in [9.17, 15) is 14.5 Å². The monoisotopic (exact) mass is 227 g/mol. The second-order valence-electron chi connectivity index (χ2n) is 3.45. The number of hydrogen-bond acceptors (Lipinski definition) is 4. The summed E-state index contributed by atoms with van der Waals surface area (Å²) in [5.41, 5.74) is 5.54. The summed E-state index contributed by atoms with van der Waals surface area (Å²) in [4.78, 5) is 11.9. The maximum absolute atomic E-state index is 12.9. The fourth-order valence-electron chi connectivity index (χ4n) is 1.41. The van der Waals surface area contributed by atoms with E-state index in [-0.39, 0.29) is 5.69 Å². The van der Waals surface area contributed by atoms with Gasteiger partial charge in [0.05, 0.1) is 11.0 Å². The van der Waals surface area contributed by atoms with Gasteiger partial charge in [-0.2, -0.15) is 0 Å². The van der Waals surface area contributed by atoms with E-state index < -0.39 is 10.7 Å². The third-order valence-corrected chi connectivity index (χ3v) is 2.24. The topological polar surface area (TPSA) is 72.4 Å². The highest BCUT2D eigenvalue weighted by Gasteiger charge is 2.17. The number of rotatable bonds is 5. The Bertz CT molecular complexity index is 384. The molecule has 0 aliphatic heterocycles. The van der Waals surface area contributed by atoms with Gasteiger partial charge in [-0.25, -0.2) is 4.39 Å². The summed E-state index contributed by atoms with van der Waals surface area (Å²) < 4.78 is 12.9. The van der Waals surface area contributed by atoms with Crippen molar-refractivity contribution in [2.75, 3.05) is 25.0 Å². The number of hydrogen-bond donors (Lipinski definition) is 1. The smallest absolute Gasteiger partial charge is 0.295 e. The Balaban J connectivity index is 2.98. The van der Waals surface area contributed by atoms with Crippen LogP contribution < -0.4 is 10.6 Å². The van der Waals surface area contributed by atoms with Crippen LogP contribution in [0.5, 0.6) is 0 Å². The van der Waals surface area contributed by atoms with Gasteiger partial charge < -0.3 is 10.6 Å². The van der Waals surface area contributed by atoms with Crippen molar-refractivity contribution in [2.45, 2.75) is 6.42 Å². The molecule has 0 spiro atoms. The Morgan fingerprint density at radius 1 is 1.56 bits per heavy atom. The summed E-state index contributed by atoms with van der Waals surface area (Å²) >= 11 is 0. The minimum atomic E-state index is -0.609. The number of anilines is 1. The predicted octanol–water partition coefficient (Wildman–Crippen LogP) is 1.52. The molecule has 0 aliphatic carbocycles. The van der Waals surface area contributed by atoms with Crippen LogP contribution >= 0.6 is 0 Å². The van der Waals surface area contributed by atoms with Crippen LogP contribution in [0, 0.1) is 15.9 Å². The first kappa shape index (κ1) is 12.4. The van der Waals surface area contributed by atoms with Crippen LogP contribution in [-0.4, -0.2) is 25.1 Å². The second-order valence-corrected chi connectivity index (χ2v) is 3.45. The second kappa shape index (κ2) is 5.41. The van der Waals surface area contributed by atoms with Gasteiger partial charge >= 0.3 is 0 Å². The van der Waals surface area contributed by atoms with E-state index in [1.807, 2.05) is 0 Å². The van der Waals surface area contributed by atoms with Crippen LogP contribution in [0.2, 0.25) is 0 Å². The molecule has 16 heavy (non-hydrogen) atoms. The molecule has 0 radical (unpaired) electrons. The molecule has 2 N–H and O–H groups in total. The van der Waals surface area contributed by atoms with Crippen molar-refractivity contribution in [3.8, 4) is 0 Å². The van der Waals surface area contributed by atoms with Gasteiger partial charge in [0.15, 0.2) is 0 Å². The lowest BCUT2D eigenvalue weighted by Gasteiger charge is -2.18. The van der Waals surface area contributed by atoms with Gasteiger partial charge in [-0.05, 0) is 25.1 Å². The number of halogens is 1. The van der Waals surface area contributed by atoms with Crippen LogP contribution in [0.4, 0.5) is 15.8 Å². The molecule has 0 unspecified atom stereocenters. The first-order chi connectivity index (χ1) is 7.56. The Hall–Kier alpha value is -1.69. The summed E-state index contributed by atoms with van der Waals surface area (Å²) in [5, 5.41) is 10.7. The van der Waals surface area contributed by atoms with Crippen molar-refractivity contribution in [2.24, 2.45) is 5.73 Å². The van der Waals surface area contributed by atoms with Crippen molar-refractivity contribution in [3.63, 3.8) is 0 Å². The third-order valence-electron chi connectivity index (χ3n) is 2.24. The van der Waals surface area contributed by atoms with E-state index >= 15 is 0 Å². The van der Waals surface area contributed by atoms with Gasteiger partial charge in [0.25, 0.3) is 5.69 Å². The van der Waals surface area contributed by atoms with Gasteiger partial charge in [0, 0.05) is 13.6 Å². The summed E-state index contributed by atoms with van der Waals surface area (Å²) in [6, 6.07) is 3.54. The minimum absolute atomic E-state index is 0.223. The van der Waals surface area contributed by atoms with Crippen LogP contribution in [-0.2, 0) is 0 Å². The van der Waals surface area contributed by atoms with Gasteiger partial charge in [-0.15, -0.1) is 0 Å². The molecule has 0 amide bonds. The molecule has 0 saturated heterocycles. The lowest BCUT2D eigenvalue weighted by molar-refractivity contribution is -0.384. The van der Waals surface area contributed by atoms with Crippen molar-refractivity contribution < 1.29 is 9.31 Å². The molecular formula is C10H14FN3O2. The van der Waals surface area contributed by atoms with Crippen LogP contribution in [0.15, 0.2) is 18.2 Å². The van der Waals surface area contributed by atoms with Gasteiger partial charge in [-0.3, -0.25) is 10.1 Å². The molecule has 88 valence electrons. The van der Waals surface area contributed by atoms with E-state index in [1.165, 1.54) is 12.1 Å². The zero-order valence-electron chi connectivity index (χ0n) is 9.02. The molecule has 1 rings (SSSR count). The fraction of sp³-hybridized carbons (Fsp3) is 0.400. The zero-order valence-corrected chi connectivity index (χ0v) is 9.02. The Morgan fingerprint density at radius 3 is 2.81 bits per heavy atom. The highest BCUT2D eigenvalue weighted by atomic mass is 19.1. The van der Waals surface area contributed by atoms with E-state index in [1.54, 1.807) is 11.9 Å². The van der Waals surface area contributed by atoms with Crippen molar-refractivity contribution in [3.05, 3.63) is 34.1 Å². The number of nitrogens with two attached hydrogens (primary N) is 1. The molecule has 0 bridgehead atoms. The normalized spacial score (nSPS) is 10.2. The molecule has 0 atom stereocenters. The molecule has 6 heteroatoms. The van der Waals surface area contributed by atoms with Crippen molar-refractivity contribution in [1.82, 2.24) is 0 Å². The Kier molecular flexibility index (Phi) is 4.19. The van der Waals surface area contributed by atoms with Crippen LogP contribution in [0.1, 0.15) is 6.42 Å². The molecule has 0 aromatic heterocycles. The lowest BCUT2D eigenvalue weighted by Crippen LogP contribution is -2.21. The maximum Gasteiger partial charge on any atom is 0.295 e. The Morgan fingerprint density at radius 2 is 2.25 bits per heavy atom. The third kappa shape index (κ3) is 2.90. The maximum atomic E-state index is 12.9. The van der Waals surface area contributed by atoms with Crippen molar-refractivity contribution in [1.29, 1.82) is 0 Å². The van der Waals surface area contributed by atoms with Crippen LogP contribution in [0.25, 0.3) is 0 Å². The SMILES string of the molecule is CN(CCCN)c1ccc(F)cc1[N+](=O)[O-]. The standard InChI is InChI=1S/C10H14FN3O2/c1-13(6-2-5-12)9-4-3-8(11)7-10(9)14(15)16/h3-4,7H,2,5-6,12H2,1H3. The van der Waals surface area contributed by atoms with E-state index in [0.29, 0.717) is 18.8 Å². The first-order valence-electron chi connectivity index (χ1n) is 4.91. The van der Waals surface area contributed by atoms with E-state index in [0.717, 1.165) is 12.5 Å². The largest absolute Gasteiger partial charge is 0.369 e. The average molecular weight is 227 g/mol. The van der Waals surface area contributed by atoms with E-state index in [2.05, 4.69) is 0 Å². The molecule has 0 heterocycles. The molecule has 1 aromatic carbocycles. The molecule has 1 aromatic rings. The summed E-state index contributed by atoms with van der Waals surface area (Å²) in [6.45, 7) is 1.11. The van der Waals surface area contributed by atoms with Gasteiger partial charge in [0.1, 0.15) is 11.5 Å². The van der Waals surface area contributed by atoms with Crippen molar-refractivity contribution >= 4 is 11.4 Å². The summed E-state index contributed by atoms with van der Waals surface area (Å²) in [7, 11) is 1.72. The number of nitro benzene ring substituents is 1. The highest BCUT2D eigenvalue weighted by Crippen LogP contribution is 2.27. The fourth-order valence-corrected chi connectivity index (χ4v) is 1.41. The first-order valence-corrected chi connectivity index (χ1v) is 4.91. The molecule has 0 saturated carbocycles. The van der Waals surface area contributed by atoms with E-state index in [4.69, 9.17) is 5.73 Å². The van der Waals surface area contributed by atoms with Gasteiger partial charge in [0.2, 0.25) is 0 Å². The highest BCUT2D eigenvalue weighted by molar-refractivity contribution is 5.62. The quantitative estimate of drug-likeness (QED) is 0.611. The molecule has 0 aliphatic rings. The number of nitro groups is 1. The molecular weight excluding hydrogens is 213 g/mol. The lowest BCUT2D eigenvalue weighted by atomic mass is 10.2.